The number of nitrogens with zero attached hydrogens (tertiary/aromatic N) is 1. The molecule has 7 heteroatoms. The maximum absolute atomic E-state index is 14.1. The Balaban J connectivity index is 2.48. The van der Waals surface area contributed by atoms with Crippen LogP contribution in [0, 0.1) is 5.82 Å². The molecule has 1 aromatic carbocycles. The van der Waals surface area contributed by atoms with Crippen LogP contribution in [0.3, 0.4) is 0 Å². The molecule has 0 aliphatic heterocycles. The number of rotatable bonds is 2. The average molecular weight is 299 g/mol. The summed E-state index contributed by atoms with van der Waals surface area (Å²) in [5.41, 5.74) is 9.67. The first-order valence-corrected chi connectivity index (χ1v) is 6.09. The Morgan fingerprint density at radius 3 is 2.29 bits per heavy atom. The van der Waals surface area contributed by atoms with Gasteiger partial charge in [0.25, 0.3) is 0 Å². The standard InChI is InChI=1S/C14H13F4N3/c1-7(19)11-5-2-8(6-21-11)9-3-4-10(14(16,17)18)13(20)12(9)15/h2-7H,19-20H2,1H3. The molecule has 0 saturated heterocycles. The van der Waals surface area contributed by atoms with Crippen molar-refractivity contribution in [1.82, 2.24) is 4.98 Å². The van der Waals surface area contributed by atoms with Crippen molar-refractivity contribution in [2.45, 2.75) is 19.1 Å². The topological polar surface area (TPSA) is 64.9 Å². The van der Waals surface area contributed by atoms with E-state index in [0.29, 0.717) is 11.3 Å². The molecule has 0 saturated carbocycles. The summed E-state index contributed by atoms with van der Waals surface area (Å²) in [6, 6.07) is 4.63. The van der Waals surface area contributed by atoms with Gasteiger partial charge in [-0.3, -0.25) is 4.98 Å². The summed E-state index contributed by atoms with van der Waals surface area (Å²) in [5, 5.41) is 0. The first-order valence-electron chi connectivity index (χ1n) is 6.09. The number of anilines is 1. The minimum absolute atomic E-state index is 0.0378. The third-order valence-corrected chi connectivity index (χ3v) is 3.05. The van der Waals surface area contributed by atoms with Crippen molar-refractivity contribution in [2.75, 3.05) is 5.73 Å². The Morgan fingerprint density at radius 1 is 1.14 bits per heavy atom. The average Bonchev–Trinajstić information content (AvgIpc) is 2.40. The Morgan fingerprint density at radius 2 is 1.81 bits per heavy atom. The van der Waals surface area contributed by atoms with Gasteiger partial charge < -0.3 is 11.5 Å². The molecule has 0 radical (unpaired) electrons. The summed E-state index contributed by atoms with van der Waals surface area (Å²) in [6.45, 7) is 1.73. The number of aromatic nitrogens is 1. The molecule has 0 bridgehead atoms. The smallest absolute Gasteiger partial charge is 0.396 e. The van der Waals surface area contributed by atoms with Gasteiger partial charge in [0, 0.05) is 23.4 Å². The number of hydrogen-bond acceptors (Lipinski definition) is 3. The highest BCUT2D eigenvalue weighted by molar-refractivity contribution is 5.70. The third-order valence-electron chi connectivity index (χ3n) is 3.05. The molecule has 4 N–H and O–H groups in total. The monoisotopic (exact) mass is 299 g/mol. The molecule has 1 atom stereocenters. The van der Waals surface area contributed by atoms with Crippen LogP contribution in [0.4, 0.5) is 23.2 Å². The summed E-state index contributed by atoms with van der Waals surface area (Å²) in [4.78, 5) is 4.04. The molecule has 0 fully saturated rings. The number of pyridine rings is 1. The lowest BCUT2D eigenvalue weighted by Crippen LogP contribution is -2.11. The van der Waals surface area contributed by atoms with E-state index in [0.717, 1.165) is 12.1 Å². The molecule has 1 unspecified atom stereocenters. The fourth-order valence-corrected chi connectivity index (χ4v) is 1.90. The molecule has 0 aliphatic rings. The molecule has 112 valence electrons. The number of benzene rings is 1. The van der Waals surface area contributed by atoms with E-state index in [1.807, 2.05) is 0 Å². The van der Waals surface area contributed by atoms with E-state index < -0.39 is 23.2 Å². The van der Waals surface area contributed by atoms with Crippen LogP contribution in [0.2, 0.25) is 0 Å². The van der Waals surface area contributed by atoms with Crippen molar-refractivity contribution in [3.05, 3.63) is 47.5 Å². The van der Waals surface area contributed by atoms with Crippen LogP contribution >= 0.6 is 0 Å². The highest BCUT2D eigenvalue weighted by atomic mass is 19.4. The SMILES string of the molecule is CC(N)c1ccc(-c2ccc(C(F)(F)F)c(N)c2F)cn1. The Kier molecular flexibility index (Phi) is 3.87. The lowest BCUT2D eigenvalue weighted by atomic mass is 10.0. The largest absolute Gasteiger partial charge is 0.418 e. The maximum Gasteiger partial charge on any atom is 0.418 e. The van der Waals surface area contributed by atoms with E-state index in [4.69, 9.17) is 11.5 Å². The van der Waals surface area contributed by atoms with Gasteiger partial charge in [0.1, 0.15) is 0 Å². The maximum atomic E-state index is 14.1. The van der Waals surface area contributed by atoms with E-state index in [1.54, 1.807) is 13.0 Å². The number of halogens is 4. The molecular weight excluding hydrogens is 286 g/mol. The van der Waals surface area contributed by atoms with Crippen LogP contribution in [-0.4, -0.2) is 4.98 Å². The lowest BCUT2D eigenvalue weighted by molar-refractivity contribution is -0.137. The van der Waals surface area contributed by atoms with Gasteiger partial charge in [-0.25, -0.2) is 4.39 Å². The van der Waals surface area contributed by atoms with Crippen molar-refractivity contribution < 1.29 is 17.6 Å². The summed E-state index contributed by atoms with van der Waals surface area (Å²) in [6.07, 6.45) is -3.34. The molecule has 2 rings (SSSR count). The molecule has 1 heterocycles. The lowest BCUT2D eigenvalue weighted by Gasteiger charge is -2.13. The molecular formula is C14H13F4N3. The quantitative estimate of drug-likeness (QED) is 0.659. The van der Waals surface area contributed by atoms with Gasteiger partial charge in [0.2, 0.25) is 0 Å². The molecule has 0 aliphatic carbocycles. The predicted molar refractivity (Wildman–Crippen MR) is 71.6 cm³/mol. The van der Waals surface area contributed by atoms with Crippen LogP contribution in [0.25, 0.3) is 11.1 Å². The zero-order valence-corrected chi connectivity index (χ0v) is 11.1. The predicted octanol–water partition coefficient (Wildman–Crippen LogP) is 3.51. The van der Waals surface area contributed by atoms with E-state index in [9.17, 15) is 17.6 Å². The van der Waals surface area contributed by atoms with Crippen molar-refractivity contribution in [3.63, 3.8) is 0 Å². The van der Waals surface area contributed by atoms with Crippen molar-refractivity contribution in [2.24, 2.45) is 5.73 Å². The number of nitrogen functional groups attached to an aromatic ring is 1. The summed E-state index contributed by atoms with van der Waals surface area (Å²) in [5.74, 6) is -1.11. The van der Waals surface area contributed by atoms with E-state index >= 15 is 0 Å². The second-order valence-electron chi connectivity index (χ2n) is 4.65. The summed E-state index contributed by atoms with van der Waals surface area (Å²) < 4.78 is 52.0. The second-order valence-corrected chi connectivity index (χ2v) is 4.65. The van der Waals surface area contributed by atoms with Crippen molar-refractivity contribution in [3.8, 4) is 11.1 Å². The van der Waals surface area contributed by atoms with Gasteiger partial charge in [-0.15, -0.1) is 0 Å². The Labute approximate surface area is 118 Å². The minimum Gasteiger partial charge on any atom is -0.396 e. The number of nitrogens with two attached hydrogens (primary N) is 2. The Hall–Kier alpha value is -2.15. The highest BCUT2D eigenvalue weighted by Crippen LogP contribution is 2.37. The fraction of sp³-hybridized carbons (Fsp3) is 0.214. The van der Waals surface area contributed by atoms with Crippen LogP contribution in [-0.2, 0) is 6.18 Å². The van der Waals surface area contributed by atoms with Crippen LogP contribution in [0.1, 0.15) is 24.2 Å². The third kappa shape index (κ3) is 2.97. The number of hydrogen-bond donors (Lipinski definition) is 2. The highest BCUT2D eigenvalue weighted by Gasteiger charge is 2.34. The van der Waals surface area contributed by atoms with Gasteiger partial charge >= 0.3 is 6.18 Å². The van der Waals surface area contributed by atoms with Gasteiger partial charge in [0.15, 0.2) is 5.82 Å². The molecule has 0 spiro atoms. The first-order chi connectivity index (χ1) is 9.71. The minimum atomic E-state index is -4.69. The van der Waals surface area contributed by atoms with Gasteiger partial charge in [-0.2, -0.15) is 13.2 Å². The molecule has 21 heavy (non-hydrogen) atoms. The van der Waals surface area contributed by atoms with Gasteiger partial charge in [-0.1, -0.05) is 12.1 Å². The first kappa shape index (κ1) is 15.2. The molecule has 0 amide bonds. The van der Waals surface area contributed by atoms with E-state index in [1.165, 1.54) is 12.3 Å². The van der Waals surface area contributed by atoms with Gasteiger partial charge in [0.05, 0.1) is 16.9 Å². The van der Waals surface area contributed by atoms with Gasteiger partial charge in [-0.05, 0) is 19.1 Å². The van der Waals surface area contributed by atoms with E-state index in [2.05, 4.69) is 4.98 Å². The fourth-order valence-electron chi connectivity index (χ4n) is 1.90. The molecule has 2 aromatic rings. The Bertz CT molecular complexity index is 649. The zero-order valence-electron chi connectivity index (χ0n) is 11.1. The zero-order chi connectivity index (χ0) is 15.8. The molecule has 1 aromatic heterocycles. The normalized spacial score (nSPS) is 13.2. The summed E-state index contributed by atoms with van der Waals surface area (Å²) >= 11 is 0. The van der Waals surface area contributed by atoms with Crippen LogP contribution in [0.5, 0.6) is 0 Å². The van der Waals surface area contributed by atoms with Crippen molar-refractivity contribution in [1.29, 1.82) is 0 Å². The number of alkyl halides is 3. The van der Waals surface area contributed by atoms with Crippen LogP contribution in [0.15, 0.2) is 30.5 Å². The summed E-state index contributed by atoms with van der Waals surface area (Å²) in [7, 11) is 0. The van der Waals surface area contributed by atoms with Crippen molar-refractivity contribution >= 4 is 5.69 Å². The molecule has 3 nitrogen and oxygen atoms in total. The van der Waals surface area contributed by atoms with E-state index in [-0.39, 0.29) is 11.6 Å². The second kappa shape index (κ2) is 5.33. The van der Waals surface area contributed by atoms with Crippen LogP contribution < -0.4 is 11.5 Å².